The first-order valence-electron chi connectivity index (χ1n) is 4.23. The lowest BCUT2D eigenvalue weighted by Crippen LogP contribution is -2.52. The summed E-state index contributed by atoms with van der Waals surface area (Å²) >= 11 is 0. The van der Waals surface area contributed by atoms with E-state index >= 15 is 0 Å². The predicted octanol–water partition coefficient (Wildman–Crippen LogP) is 0.507. The molecule has 0 aliphatic carbocycles. The Morgan fingerprint density at radius 1 is 1.38 bits per heavy atom. The highest BCUT2D eigenvalue weighted by Gasteiger charge is 2.39. The predicted molar refractivity (Wildman–Crippen MR) is 44.5 cm³/mol. The van der Waals surface area contributed by atoms with E-state index in [9.17, 15) is 4.79 Å². The lowest BCUT2D eigenvalue weighted by Gasteiger charge is -2.35. The smallest absolute Gasteiger partial charge is 0.330 e. The summed E-state index contributed by atoms with van der Waals surface area (Å²) in [6.07, 6.45) is 0.841. The van der Waals surface area contributed by atoms with Crippen LogP contribution in [0.2, 0.25) is 0 Å². The van der Waals surface area contributed by atoms with Crippen molar-refractivity contribution in [2.45, 2.75) is 25.8 Å². The topological polar surface area (TPSA) is 48.0 Å². The van der Waals surface area contributed by atoms with E-state index < -0.39 is 5.54 Å². The molecule has 0 N–H and O–H groups in total. The Labute approximate surface area is 77.5 Å². The second-order valence-corrected chi connectivity index (χ2v) is 3.33. The Kier molecular flexibility index (Phi) is 3.24. The molecule has 1 aliphatic heterocycles. The van der Waals surface area contributed by atoms with E-state index in [4.69, 9.17) is 9.68 Å². The van der Waals surface area contributed by atoms with Gasteiger partial charge in [0.05, 0.1) is 20.3 Å². The summed E-state index contributed by atoms with van der Waals surface area (Å²) in [6, 6.07) is 0. The summed E-state index contributed by atoms with van der Waals surface area (Å²) in [7, 11) is 1.34. The van der Waals surface area contributed by atoms with Gasteiger partial charge < -0.3 is 4.74 Å². The van der Waals surface area contributed by atoms with Crippen molar-refractivity contribution < 1.29 is 19.2 Å². The molecule has 5 nitrogen and oxygen atoms in total. The zero-order valence-corrected chi connectivity index (χ0v) is 8.20. The van der Waals surface area contributed by atoms with Crippen molar-refractivity contribution in [1.82, 2.24) is 5.23 Å². The van der Waals surface area contributed by atoms with Crippen molar-refractivity contribution in [3.05, 3.63) is 0 Å². The average Bonchev–Trinajstić information content (AvgIpc) is 2.18. The molecule has 1 saturated heterocycles. The fraction of sp³-hybridized carbons (Fsp3) is 0.875. The number of hydrogen-bond donors (Lipinski definition) is 0. The summed E-state index contributed by atoms with van der Waals surface area (Å²) in [5, 5.41) is 1.21. The molecule has 0 radical (unpaired) electrons. The molecule has 0 bridgehead atoms. The first-order valence-corrected chi connectivity index (χ1v) is 4.23. The van der Waals surface area contributed by atoms with Crippen LogP contribution in [-0.2, 0) is 19.2 Å². The monoisotopic (exact) mass is 189 g/mol. The van der Waals surface area contributed by atoms with Crippen molar-refractivity contribution in [2.24, 2.45) is 0 Å². The first-order chi connectivity index (χ1) is 6.09. The third kappa shape index (κ3) is 2.18. The fourth-order valence-corrected chi connectivity index (χ4v) is 1.04. The third-order valence-electron chi connectivity index (χ3n) is 1.85. The van der Waals surface area contributed by atoms with Gasteiger partial charge in [-0.25, -0.2) is 4.79 Å². The molecule has 0 aromatic rings. The SMILES string of the molecule is COC(=O)C(C)(C)N1OCCCO1. The van der Waals surface area contributed by atoms with Gasteiger partial charge in [0.15, 0.2) is 5.54 Å². The molecule has 13 heavy (non-hydrogen) atoms. The molecule has 0 amide bonds. The van der Waals surface area contributed by atoms with Crippen LogP contribution in [0.4, 0.5) is 0 Å². The van der Waals surface area contributed by atoms with Gasteiger partial charge in [0.25, 0.3) is 0 Å². The molecule has 0 unspecified atom stereocenters. The molecule has 1 heterocycles. The van der Waals surface area contributed by atoms with Crippen LogP contribution in [0.15, 0.2) is 0 Å². The van der Waals surface area contributed by atoms with Crippen molar-refractivity contribution in [3.63, 3.8) is 0 Å². The lowest BCUT2D eigenvalue weighted by molar-refractivity contribution is -0.423. The highest BCUT2D eigenvalue weighted by atomic mass is 17.0. The minimum absolute atomic E-state index is 0.380. The number of hydroxylamine groups is 2. The number of rotatable bonds is 2. The normalized spacial score (nSPS) is 19.9. The minimum atomic E-state index is -0.894. The van der Waals surface area contributed by atoms with Gasteiger partial charge in [-0.2, -0.15) is 0 Å². The van der Waals surface area contributed by atoms with Crippen LogP contribution >= 0.6 is 0 Å². The van der Waals surface area contributed by atoms with E-state index in [0.717, 1.165) is 6.42 Å². The summed E-state index contributed by atoms with van der Waals surface area (Å²) in [4.78, 5) is 21.7. The van der Waals surface area contributed by atoms with Crippen LogP contribution in [0.3, 0.4) is 0 Å². The zero-order chi connectivity index (χ0) is 9.90. The number of nitrogens with zero attached hydrogens (tertiary/aromatic N) is 1. The summed E-state index contributed by atoms with van der Waals surface area (Å²) < 4.78 is 4.63. The zero-order valence-electron chi connectivity index (χ0n) is 8.20. The van der Waals surface area contributed by atoms with Crippen LogP contribution in [-0.4, -0.2) is 37.1 Å². The Hall–Kier alpha value is -0.650. The van der Waals surface area contributed by atoms with Crippen LogP contribution in [0.1, 0.15) is 20.3 Å². The van der Waals surface area contributed by atoms with Crippen LogP contribution in [0.5, 0.6) is 0 Å². The molecule has 0 saturated carbocycles. The second-order valence-electron chi connectivity index (χ2n) is 3.33. The number of methoxy groups -OCH3 is 1. The van der Waals surface area contributed by atoms with Gasteiger partial charge in [-0.05, 0) is 25.5 Å². The Morgan fingerprint density at radius 3 is 2.38 bits per heavy atom. The molecule has 5 heteroatoms. The summed E-state index contributed by atoms with van der Waals surface area (Å²) in [6.45, 7) is 4.51. The largest absolute Gasteiger partial charge is 0.468 e. The van der Waals surface area contributed by atoms with E-state index in [0.29, 0.717) is 13.2 Å². The Morgan fingerprint density at radius 2 is 1.92 bits per heavy atom. The number of carbonyl (C=O) groups is 1. The van der Waals surface area contributed by atoms with E-state index in [1.165, 1.54) is 12.3 Å². The van der Waals surface area contributed by atoms with Gasteiger partial charge in [0.1, 0.15) is 0 Å². The third-order valence-corrected chi connectivity index (χ3v) is 1.85. The molecule has 0 aromatic heterocycles. The van der Waals surface area contributed by atoms with Gasteiger partial charge in [-0.3, -0.25) is 9.68 Å². The van der Waals surface area contributed by atoms with E-state index in [1.807, 2.05) is 0 Å². The highest BCUT2D eigenvalue weighted by molar-refractivity contribution is 5.79. The molecule has 1 aliphatic rings. The average molecular weight is 189 g/mol. The van der Waals surface area contributed by atoms with Gasteiger partial charge >= 0.3 is 5.97 Å². The van der Waals surface area contributed by atoms with Crippen molar-refractivity contribution >= 4 is 5.97 Å². The van der Waals surface area contributed by atoms with Gasteiger partial charge in [0.2, 0.25) is 0 Å². The van der Waals surface area contributed by atoms with E-state index in [1.54, 1.807) is 13.8 Å². The molecular formula is C8H15NO4. The van der Waals surface area contributed by atoms with Crippen molar-refractivity contribution in [3.8, 4) is 0 Å². The maximum atomic E-state index is 11.3. The van der Waals surface area contributed by atoms with E-state index in [-0.39, 0.29) is 5.97 Å². The number of esters is 1. The number of hydrogen-bond acceptors (Lipinski definition) is 5. The maximum Gasteiger partial charge on any atom is 0.330 e. The van der Waals surface area contributed by atoms with Gasteiger partial charge in [0, 0.05) is 0 Å². The van der Waals surface area contributed by atoms with Crippen molar-refractivity contribution in [1.29, 1.82) is 0 Å². The number of ether oxygens (including phenoxy) is 1. The second kappa shape index (κ2) is 4.04. The molecule has 0 aromatic carbocycles. The lowest BCUT2D eigenvalue weighted by atomic mass is 10.1. The van der Waals surface area contributed by atoms with Crippen molar-refractivity contribution in [2.75, 3.05) is 20.3 Å². The van der Waals surface area contributed by atoms with E-state index in [2.05, 4.69) is 4.74 Å². The number of carbonyl (C=O) groups excluding carboxylic acids is 1. The first kappa shape index (κ1) is 10.4. The van der Waals surface area contributed by atoms with Gasteiger partial charge in [-0.15, -0.1) is 0 Å². The highest BCUT2D eigenvalue weighted by Crippen LogP contribution is 2.19. The molecule has 1 rings (SSSR count). The van der Waals surface area contributed by atoms with Gasteiger partial charge in [-0.1, -0.05) is 0 Å². The quantitative estimate of drug-likeness (QED) is 0.592. The Bertz CT molecular complexity index is 187. The summed E-state index contributed by atoms with van der Waals surface area (Å²) in [5.41, 5.74) is -0.894. The Balaban J connectivity index is 2.60. The van der Waals surface area contributed by atoms with Crippen LogP contribution < -0.4 is 0 Å². The molecule has 1 fully saturated rings. The maximum absolute atomic E-state index is 11.3. The molecule has 0 atom stereocenters. The van der Waals surface area contributed by atoms with Crippen LogP contribution in [0, 0.1) is 0 Å². The molecular weight excluding hydrogens is 174 g/mol. The standard InChI is InChI=1S/C8H15NO4/c1-8(2,7(10)11-3)9-12-5-4-6-13-9/h4-6H2,1-3H3. The molecule has 76 valence electrons. The minimum Gasteiger partial charge on any atom is -0.468 e. The fourth-order valence-electron chi connectivity index (χ4n) is 1.04. The summed E-state index contributed by atoms with van der Waals surface area (Å²) in [5.74, 6) is -0.380. The van der Waals surface area contributed by atoms with Crippen LogP contribution in [0.25, 0.3) is 0 Å². The molecule has 0 spiro atoms.